The Morgan fingerprint density at radius 2 is 1.82 bits per heavy atom. The fraction of sp³-hybridized carbons (Fsp3) is 0.650. The minimum atomic E-state index is -3.20. The van der Waals surface area contributed by atoms with Crippen molar-refractivity contribution in [1.29, 1.82) is 0 Å². The number of benzene rings is 1. The van der Waals surface area contributed by atoms with E-state index in [9.17, 15) is 12.8 Å². The summed E-state index contributed by atoms with van der Waals surface area (Å²) in [6, 6.07) is 4.55. The Balaban J connectivity index is 2.81. The summed E-state index contributed by atoms with van der Waals surface area (Å²) in [6.45, 7) is 5.42. The molecule has 0 heterocycles. The molecule has 0 aliphatic heterocycles. The van der Waals surface area contributed by atoms with Crippen LogP contribution in [0.25, 0.3) is 0 Å². The van der Waals surface area contributed by atoms with E-state index in [2.05, 4.69) is 48.5 Å². The van der Waals surface area contributed by atoms with Gasteiger partial charge in [-0.25, -0.2) is 12.8 Å². The van der Waals surface area contributed by atoms with E-state index < -0.39 is 15.7 Å². The van der Waals surface area contributed by atoms with E-state index in [0.717, 1.165) is 19.4 Å². The van der Waals surface area contributed by atoms with Crippen LogP contribution in [0.15, 0.2) is 23.2 Å². The van der Waals surface area contributed by atoms with Crippen LogP contribution in [0.2, 0.25) is 0 Å². The fourth-order valence-electron chi connectivity index (χ4n) is 3.39. The summed E-state index contributed by atoms with van der Waals surface area (Å²) in [5, 5.41) is 6.50. The highest BCUT2D eigenvalue weighted by Gasteiger charge is 2.21. The third-order valence-corrected chi connectivity index (χ3v) is 5.83. The smallest absolute Gasteiger partial charge is 0.191 e. The molecule has 2 N–H and O–H groups in total. The second-order valence-electron chi connectivity index (χ2n) is 7.40. The van der Waals surface area contributed by atoms with Gasteiger partial charge in [0, 0.05) is 32.4 Å². The van der Waals surface area contributed by atoms with Gasteiger partial charge < -0.3 is 15.5 Å². The summed E-state index contributed by atoms with van der Waals surface area (Å²) in [4.78, 5) is 6.45. The lowest BCUT2D eigenvalue weighted by molar-refractivity contribution is 0.200. The van der Waals surface area contributed by atoms with Gasteiger partial charge in [0.2, 0.25) is 0 Å². The Morgan fingerprint density at radius 1 is 1.18 bits per heavy atom. The Kier molecular flexibility index (Phi) is 9.89. The van der Waals surface area contributed by atoms with Gasteiger partial charge >= 0.3 is 0 Å². The van der Waals surface area contributed by atoms with E-state index in [4.69, 9.17) is 0 Å². The van der Waals surface area contributed by atoms with Crippen LogP contribution >= 0.6 is 0 Å². The highest BCUT2D eigenvalue weighted by molar-refractivity contribution is 7.89. The Bertz CT molecular complexity index is 747. The summed E-state index contributed by atoms with van der Waals surface area (Å²) in [7, 11) is 2.62. The van der Waals surface area contributed by atoms with E-state index in [1.165, 1.54) is 24.5 Å². The zero-order chi connectivity index (χ0) is 21.3. The average molecular weight is 415 g/mol. The Hall–Kier alpha value is -1.67. The predicted molar refractivity (Wildman–Crippen MR) is 115 cm³/mol. The van der Waals surface area contributed by atoms with Gasteiger partial charge in [0.1, 0.15) is 5.82 Å². The molecule has 0 aliphatic rings. The zero-order valence-electron chi connectivity index (χ0n) is 17.9. The molecule has 1 unspecified atom stereocenters. The minimum absolute atomic E-state index is 0.117. The number of halogens is 1. The largest absolute Gasteiger partial charge is 0.355 e. The molecule has 0 spiro atoms. The number of nitrogens with zero attached hydrogens (tertiary/aromatic N) is 2. The van der Waals surface area contributed by atoms with Crippen LogP contribution < -0.4 is 10.6 Å². The first-order chi connectivity index (χ1) is 13.1. The maximum Gasteiger partial charge on any atom is 0.191 e. The summed E-state index contributed by atoms with van der Waals surface area (Å²) in [6.07, 6.45) is 3.38. The third-order valence-electron chi connectivity index (χ3n) is 4.99. The number of rotatable bonds is 10. The molecule has 160 valence electrons. The van der Waals surface area contributed by atoms with Crippen LogP contribution in [-0.4, -0.2) is 59.3 Å². The number of likely N-dealkylation sites (N-methyl/N-ethyl adjacent to an activating group) is 1. The molecule has 0 saturated heterocycles. The normalized spacial score (nSPS) is 13.8. The van der Waals surface area contributed by atoms with Crippen LogP contribution in [0.3, 0.4) is 0 Å². The van der Waals surface area contributed by atoms with Crippen molar-refractivity contribution in [2.24, 2.45) is 10.9 Å². The monoisotopic (exact) mass is 414 g/mol. The van der Waals surface area contributed by atoms with Crippen LogP contribution in [0.1, 0.15) is 37.8 Å². The molecule has 0 fully saturated rings. The first-order valence-electron chi connectivity index (χ1n) is 9.67. The van der Waals surface area contributed by atoms with Crippen LogP contribution in [-0.2, 0) is 22.1 Å². The van der Waals surface area contributed by atoms with Crippen molar-refractivity contribution in [3.8, 4) is 0 Å². The second kappa shape index (κ2) is 11.4. The van der Waals surface area contributed by atoms with E-state index >= 15 is 0 Å². The van der Waals surface area contributed by atoms with Gasteiger partial charge in [-0.05, 0) is 43.3 Å². The van der Waals surface area contributed by atoms with Gasteiger partial charge in [-0.3, -0.25) is 4.99 Å². The number of sulfone groups is 1. The molecule has 1 aromatic rings. The highest BCUT2D eigenvalue weighted by atomic mass is 32.2. The molecule has 1 aromatic carbocycles. The molecule has 0 bridgehead atoms. The number of nitrogens with one attached hydrogen (secondary N) is 2. The van der Waals surface area contributed by atoms with E-state index in [-0.39, 0.29) is 5.75 Å². The highest BCUT2D eigenvalue weighted by Crippen LogP contribution is 2.17. The first-order valence-corrected chi connectivity index (χ1v) is 11.7. The Labute approximate surface area is 169 Å². The number of hydrogen-bond donors (Lipinski definition) is 2. The van der Waals surface area contributed by atoms with Gasteiger partial charge in [-0.1, -0.05) is 32.8 Å². The van der Waals surface area contributed by atoms with Crippen LogP contribution in [0, 0.1) is 11.7 Å². The van der Waals surface area contributed by atoms with Crippen LogP contribution in [0.5, 0.6) is 0 Å². The molecule has 0 aliphatic carbocycles. The number of aliphatic imine (C=N–C) groups is 1. The summed E-state index contributed by atoms with van der Waals surface area (Å²) in [5.74, 6) is 0.671. The molecular weight excluding hydrogens is 379 g/mol. The average Bonchev–Trinajstić information content (AvgIpc) is 2.61. The lowest BCUT2D eigenvalue weighted by Gasteiger charge is -2.32. The van der Waals surface area contributed by atoms with Crippen LogP contribution in [0.4, 0.5) is 4.39 Å². The zero-order valence-corrected chi connectivity index (χ0v) is 18.7. The van der Waals surface area contributed by atoms with Crippen molar-refractivity contribution in [1.82, 2.24) is 15.5 Å². The molecule has 6 nitrogen and oxygen atoms in total. The number of hydrogen-bond acceptors (Lipinski definition) is 4. The van der Waals surface area contributed by atoms with Crippen molar-refractivity contribution in [2.75, 3.05) is 33.9 Å². The van der Waals surface area contributed by atoms with Gasteiger partial charge in [0.05, 0.1) is 5.75 Å². The van der Waals surface area contributed by atoms with E-state index in [1.807, 2.05) is 0 Å². The van der Waals surface area contributed by atoms with Gasteiger partial charge in [0.25, 0.3) is 0 Å². The van der Waals surface area contributed by atoms with Crippen molar-refractivity contribution in [3.63, 3.8) is 0 Å². The van der Waals surface area contributed by atoms with Crippen molar-refractivity contribution >= 4 is 15.8 Å². The third kappa shape index (κ3) is 8.14. The van der Waals surface area contributed by atoms with Gasteiger partial charge in [-0.2, -0.15) is 0 Å². The second-order valence-corrected chi connectivity index (χ2v) is 9.54. The molecule has 0 aromatic heterocycles. The lowest BCUT2D eigenvalue weighted by atomic mass is 9.93. The van der Waals surface area contributed by atoms with Crippen molar-refractivity contribution < 1.29 is 12.8 Å². The van der Waals surface area contributed by atoms with E-state index in [1.54, 1.807) is 7.05 Å². The Morgan fingerprint density at radius 3 is 2.32 bits per heavy atom. The fourth-order valence-corrected chi connectivity index (χ4v) is 4.23. The van der Waals surface area contributed by atoms with Crippen molar-refractivity contribution in [3.05, 3.63) is 35.1 Å². The standard InChI is InChI=1S/C20H35FN4O2S/c1-7-15(8-2)19(25(4)5)13-24-20(22-3)23-12-17-11-18(21)10-9-16(17)14-28(6,26)27/h9-11,15,19H,7-8,12-14H2,1-6H3,(H2,22,23,24). The quantitative estimate of drug-likeness (QED) is 0.454. The van der Waals surface area contributed by atoms with E-state index in [0.29, 0.717) is 35.6 Å². The molecule has 1 atom stereocenters. The molecule has 0 saturated carbocycles. The molecule has 1 rings (SSSR count). The molecular formula is C20H35FN4O2S. The molecule has 8 heteroatoms. The predicted octanol–water partition coefficient (Wildman–Crippen LogP) is 2.40. The summed E-state index contributed by atoms with van der Waals surface area (Å²) < 4.78 is 36.9. The lowest BCUT2D eigenvalue weighted by Crippen LogP contribution is -2.47. The topological polar surface area (TPSA) is 73.8 Å². The molecule has 28 heavy (non-hydrogen) atoms. The van der Waals surface area contributed by atoms with Crippen molar-refractivity contribution in [2.45, 2.75) is 45.0 Å². The molecule has 0 amide bonds. The maximum absolute atomic E-state index is 13.7. The minimum Gasteiger partial charge on any atom is -0.355 e. The SMILES string of the molecule is CCC(CC)C(CNC(=NC)NCc1cc(F)ccc1CS(C)(=O)=O)N(C)C. The summed E-state index contributed by atoms with van der Waals surface area (Å²) in [5.41, 5.74) is 1.20. The summed E-state index contributed by atoms with van der Waals surface area (Å²) >= 11 is 0. The number of guanidine groups is 1. The van der Waals surface area contributed by atoms with Gasteiger partial charge in [-0.15, -0.1) is 0 Å². The van der Waals surface area contributed by atoms with Gasteiger partial charge in [0.15, 0.2) is 15.8 Å². The molecule has 0 radical (unpaired) electrons. The first kappa shape index (κ1) is 24.4. The maximum atomic E-state index is 13.7.